The van der Waals surface area contributed by atoms with E-state index in [0.29, 0.717) is 12.2 Å². The zero-order chi connectivity index (χ0) is 12.3. The van der Waals surface area contributed by atoms with Crippen molar-refractivity contribution in [1.29, 1.82) is 0 Å². The zero-order valence-corrected chi connectivity index (χ0v) is 9.58. The first kappa shape index (κ1) is 11.4. The van der Waals surface area contributed by atoms with Crippen molar-refractivity contribution in [3.8, 4) is 0 Å². The lowest BCUT2D eigenvalue weighted by Crippen LogP contribution is -2.21. The molecule has 1 N–H and O–H groups in total. The van der Waals surface area contributed by atoms with Gasteiger partial charge in [0.1, 0.15) is 11.9 Å². The minimum absolute atomic E-state index is 0.466. The molecule has 2 aromatic rings. The average molecular weight is 230 g/mol. The first-order valence-corrected chi connectivity index (χ1v) is 5.44. The number of benzene rings is 1. The van der Waals surface area contributed by atoms with Gasteiger partial charge in [0.05, 0.1) is 0 Å². The number of aliphatic carboxylic acids is 1. The molecule has 1 atom stereocenters. The van der Waals surface area contributed by atoms with Crippen LogP contribution in [0.4, 0.5) is 0 Å². The Morgan fingerprint density at radius 3 is 2.65 bits per heavy atom. The molecule has 0 saturated carbocycles. The van der Waals surface area contributed by atoms with Crippen LogP contribution in [0, 0.1) is 6.92 Å². The van der Waals surface area contributed by atoms with E-state index in [4.69, 9.17) is 0 Å². The van der Waals surface area contributed by atoms with Gasteiger partial charge in [-0.25, -0.2) is 9.78 Å². The molecule has 1 aromatic heterocycles. The largest absolute Gasteiger partial charge is 0.480 e. The number of carboxylic acid groups (broad SMARTS) is 1. The van der Waals surface area contributed by atoms with Gasteiger partial charge in [0.25, 0.3) is 0 Å². The first-order chi connectivity index (χ1) is 8.18. The van der Waals surface area contributed by atoms with Gasteiger partial charge < -0.3 is 9.67 Å². The van der Waals surface area contributed by atoms with Crippen LogP contribution < -0.4 is 0 Å². The van der Waals surface area contributed by atoms with Crippen LogP contribution in [0.2, 0.25) is 0 Å². The monoisotopic (exact) mass is 230 g/mol. The third kappa shape index (κ3) is 2.53. The molecule has 4 nitrogen and oxygen atoms in total. The number of hydrogen-bond donors (Lipinski definition) is 1. The van der Waals surface area contributed by atoms with E-state index in [-0.39, 0.29) is 0 Å². The number of aryl methyl sites for hydroxylation is 1. The molecular weight excluding hydrogens is 216 g/mol. The van der Waals surface area contributed by atoms with E-state index in [1.165, 1.54) is 0 Å². The van der Waals surface area contributed by atoms with Gasteiger partial charge in [-0.15, -0.1) is 0 Å². The van der Waals surface area contributed by atoms with Crippen LogP contribution in [0.1, 0.15) is 17.4 Å². The third-order valence-electron chi connectivity index (χ3n) is 2.76. The van der Waals surface area contributed by atoms with E-state index in [1.807, 2.05) is 30.3 Å². The van der Waals surface area contributed by atoms with Crippen LogP contribution in [0.25, 0.3) is 0 Å². The van der Waals surface area contributed by atoms with Gasteiger partial charge in [0, 0.05) is 18.8 Å². The summed E-state index contributed by atoms with van der Waals surface area (Å²) in [6.45, 7) is 1.81. The maximum absolute atomic E-state index is 11.3. The number of hydrogen-bond acceptors (Lipinski definition) is 2. The Balaban J connectivity index is 2.26. The minimum Gasteiger partial charge on any atom is -0.480 e. The van der Waals surface area contributed by atoms with E-state index < -0.39 is 12.0 Å². The van der Waals surface area contributed by atoms with Crippen molar-refractivity contribution in [3.63, 3.8) is 0 Å². The molecule has 4 heteroatoms. The van der Waals surface area contributed by atoms with Crippen LogP contribution >= 0.6 is 0 Å². The molecular formula is C13H14N2O2. The fourth-order valence-corrected chi connectivity index (χ4v) is 1.86. The van der Waals surface area contributed by atoms with Crippen LogP contribution in [-0.4, -0.2) is 20.6 Å². The van der Waals surface area contributed by atoms with E-state index in [9.17, 15) is 9.90 Å². The van der Waals surface area contributed by atoms with Crippen molar-refractivity contribution < 1.29 is 9.90 Å². The summed E-state index contributed by atoms with van der Waals surface area (Å²) in [5, 5.41) is 9.28. The summed E-state index contributed by atoms with van der Waals surface area (Å²) < 4.78 is 1.69. The Bertz CT molecular complexity index is 505. The van der Waals surface area contributed by atoms with Crippen molar-refractivity contribution in [2.75, 3.05) is 0 Å². The molecule has 1 unspecified atom stereocenters. The lowest BCUT2D eigenvalue weighted by molar-refractivity contribution is -0.140. The molecule has 88 valence electrons. The summed E-state index contributed by atoms with van der Waals surface area (Å²) >= 11 is 0. The zero-order valence-electron chi connectivity index (χ0n) is 9.58. The molecule has 1 heterocycles. The Hall–Kier alpha value is -2.10. The summed E-state index contributed by atoms with van der Waals surface area (Å²) in [6.07, 6.45) is 3.79. The van der Waals surface area contributed by atoms with E-state index in [1.54, 1.807) is 23.9 Å². The molecule has 0 amide bonds. The smallest absolute Gasteiger partial charge is 0.327 e. The molecule has 1 aromatic carbocycles. The topological polar surface area (TPSA) is 55.1 Å². The van der Waals surface area contributed by atoms with E-state index in [0.717, 1.165) is 5.56 Å². The van der Waals surface area contributed by atoms with Crippen molar-refractivity contribution in [1.82, 2.24) is 9.55 Å². The fraction of sp³-hybridized carbons (Fsp3) is 0.231. The maximum atomic E-state index is 11.3. The molecule has 0 bridgehead atoms. The quantitative estimate of drug-likeness (QED) is 0.874. The predicted octanol–water partition coefficient (Wildman–Crippen LogP) is 2.06. The highest BCUT2D eigenvalue weighted by Gasteiger charge is 2.20. The number of aromatic nitrogens is 2. The summed E-state index contributed by atoms with van der Waals surface area (Å²) in [6, 6.07) is 9.01. The van der Waals surface area contributed by atoms with Gasteiger partial charge in [0.2, 0.25) is 0 Å². The number of imidazole rings is 1. The number of carboxylic acids is 1. The Kier molecular flexibility index (Phi) is 3.23. The highest BCUT2D eigenvalue weighted by molar-refractivity contribution is 5.72. The Morgan fingerprint density at radius 2 is 2.12 bits per heavy atom. The van der Waals surface area contributed by atoms with Crippen molar-refractivity contribution in [2.24, 2.45) is 0 Å². The standard InChI is InChI=1S/C13H14N2O2/c1-10-14-7-8-15(10)12(13(16)17)9-11-5-3-2-4-6-11/h2-8,12H,9H2,1H3,(H,16,17). The van der Waals surface area contributed by atoms with Gasteiger partial charge in [0.15, 0.2) is 0 Å². The number of nitrogens with zero attached hydrogens (tertiary/aromatic N) is 2. The predicted molar refractivity (Wildman–Crippen MR) is 63.8 cm³/mol. The second kappa shape index (κ2) is 4.82. The lowest BCUT2D eigenvalue weighted by Gasteiger charge is -2.15. The fourth-order valence-electron chi connectivity index (χ4n) is 1.86. The number of carbonyl (C=O) groups is 1. The second-order valence-electron chi connectivity index (χ2n) is 3.93. The van der Waals surface area contributed by atoms with E-state index >= 15 is 0 Å². The summed E-state index contributed by atoms with van der Waals surface area (Å²) in [4.78, 5) is 15.4. The van der Waals surface area contributed by atoms with Gasteiger partial charge >= 0.3 is 5.97 Å². The Morgan fingerprint density at radius 1 is 1.41 bits per heavy atom. The van der Waals surface area contributed by atoms with E-state index in [2.05, 4.69) is 4.98 Å². The molecule has 0 spiro atoms. The Labute approximate surface area is 99.5 Å². The highest BCUT2D eigenvalue weighted by Crippen LogP contribution is 2.16. The minimum atomic E-state index is -0.838. The molecule has 0 aliphatic carbocycles. The summed E-state index contributed by atoms with van der Waals surface area (Å²) in [7, 11) is 0. The van der Waals surface area contributed by atoms with Crippen LogP contribution in [0.3, 0.4) is 0 Å². The second-order valence-corrected chi connectivity index (χ2v) is 3.93. The molecule has 0 aliphatic rings. The van der Waals surface area contributed by atoms with Crippen molar-refractivity contribution in [2.45, 2.75) is 19.4 Å². The molecule has 0 saturated heterocycles. The molecule has 0 fully saturated rings. The van der Waals surface area contributed by atoms with Crippen LogP contribution in [-0.2, 0) is 11.2 Å². The molecule has 2 rings (SSSR count). The van der Waals surface area contributed by atoms with Gasteiger partial charge in [-0.2, -0.15) is 0 Å². The van der Waals surface area contributed by atoms with Gasteiger partial charge in [-0.05, 0) is 12.5 Å². The van der Waals surface area contributed by atoms with Crippen LogP contribution in [0.15, 0.2) is 42.7 Å². The highest BCUT2D eigenvalue weighted by atomic mass is 16.4. The molecule has 0 radical (unpaired) electrons. The molecule has 17 heavy (non-hydrogen) atoms. The first-order valence-electron chi connectivity index (χ1n) is 5.44. The van der Waals surface area contributed by atoms with Crippen molar-refractivity contribution >= 4 is 5.97 Å². The number of rotatable bonds is 4. The van der Waals surface area contributed by atoms with Crippen LogP contribution in [0.5, 0.6) is 0 Å². The summed E-state index contributed by atoms with van der Waals surface area (Å²) in [5.74, 6) is -0.122. The van der Waals surface area contributed by atoms with Gasteiger partial charge in [-0.1, -0.05) is 30.3 Å². The summed E-state index contributed by atoms with van der Waals surface area (Å²) in [5.41, 5.74) is 1.01. The molecule has 0 aliphatic heterocycles. The normalized spacial score (nSPS) is 12.3. The average Bonchev–Trinajstić information content (AvgIpc) is 2.73. The van der Waals surface area contributed by atoms with Gasteiger partial charge in [-0.3, -0.25) is 0 Å². The third-order valence-corrected chi connectivity index (χ3v) is 2.76. The van der Waals surface area contributed by atoms with Crippen molar-refractivity contribution in [3.05, 3.63) is 54.1 Å². The maximum Gasteiger partial charge on any atom is 0.327 e. The SMILES string of the molecule is Cc1nccn1C(Cc1ccccc1)C(=O)O. The lowest BCUT2D eigenvalue weighted by atomic mass is 10.1.